The van der Waals surface area contributed by atoms with Gasteiger partial charge < -0.3 is 14.2 Å². The number of hydrogen-bond donors (Lipinski definition) is 1. The summed E-state index contributed by atoms with van der Waals surface area (Å²) >= 11 is 6.42. The van der Waals surface area contributed by atoms with E-state index in [2.05, 4.69) is 9.62 Å². The van der Waals surface area contributed by atoms with Gasteiger partial charge in [-0.3, -0.25) is 4.90 Å². The van der Waals surface area contributed by atoms with Crippen LogP contribution in [0.4, 0.5) is 0 Å². The van der Waals surface area contributed by atoms with Crippen LogP contribution in [0.3, 0.4) is 0 Å². The standard InChI is InChI=1S/C20H23ClN2O5S/c21-17-4-2-1-3-16(17)18(23-7-9-26-10-8-23)14-22-29(24,25)15-5-6-19-20(13-15)28-12-11-27-19/h1-6,13,18,22H,7-12,14H2. The Morgan fingerprint density at radius 1 is 1.00 bits per heavy atom. The highest BCUT2D eigenvalue weighted by Gasteiger charge is 2.27. The molecule has 0 saturated carbocycles. The normalized spacial score (nSPS) is 18.4. The summed E-state index contributed by atoms with van der Waals surface area (Å²) in [6.45, 7) is 3.68. The lowest BCUT2D eigenvalue weighted by Gasteiger charge is -2.35. The third kappa shape index (κ3) is 4.67. The van der Waals surface area contributed by atoms with E-state index in [1.165, 1.54) is 12.1 Å². The maximum atomic E-state index is 12.9. The van der Waals surface area contributed by atoms with Crippen molar-refractivity contribution in [2.24, 2.45) is 0 Å². The quantitative estimate of drug-likeness (QED) is 0.746. The fraction of sp³-hybridized carbons (Fsp3) is 0.400. The largest absolute Gasteiger partial charge is 0.486 e. The maximum absolute atomic E-state index is 12.9. The van der Waals surface area contributed by atoms with E-state index in [1.54, 1.807) is 6.07 Å². The van der Waals surface area contributed by atoms with Crippen molar-refractivity contribution in [2.75, 3.05) is 46.1 Å². The molecule has 0 bridgehead atoms. The average molecular weight is 439 g/mol. The number of nitrogens with one attached hydrogen (secondary N) is 1. The molecule has 2 aromatic carbocycles. The molecule has 29 heavy (non-hydrogen) atoms. The van der Waals surface area contributed by atoms with Crippen molar-refractivity contribution >= 4 is 21.6 Å². The Hall–Kier alpha value is -1.84. The van der Waals surface area contributed by atoms with E-state index in [4.69, 9.17) is 25.8 Å². The first-order valence-corrected chi connectivity index (χ1v) is 11.4. The summed E-state index contributed by atoms with van der Waals surface area (Å²) in [6.07, 6.45) is 0. The van der Waals surface area contributed by atoms with E-state index in [0.29, 0.717) is 56.0 Å². The molecular formula is C20H23ClN2O5S. The summed E-state index contributed by atoms with van der Waals surface area (Å²) in [4.78, 5) is 2.33. The summed E-state index contributed by atoms with van der Waals surface area (Å²) in [7, 11) is -3.73. The monoisotopic (exact) mass is 438 g/mol. The van der Waals surface area contributed by atoms with Crippen LogP contribution in [-0.2, 0) is 14.8 Å². The van der Waals surface area contributed by atoms with Crippen LogP contribution in [-0.4, -0.2) is 59.4 Å². The van der Waals surface area contributed by atoms with Gasteiger partial charge in [-0.1, -0.05) is 29.8 Å². The lowest BCUT2D eigenvalue weighted by Crippen LogP contribution is -2.43. The number of fused-ring (bicyclic) bond motifs is 1. The van der Waals surface area contributed by atoms with Crippen molar-refractivity contribution in [1.29, 1.82) is 0 Å². The molecule has 0 amide bonds. The molecule has 1 saturated heterocycles. The van der Waals surface area contributed by atoms with Crippen molar-refractivity contribution in [3.05, 3.63) is 53.1 Å². The van der Waals surface area contributed by atoms with E-state index in [0.717, 1.165) is 5.56 Å². The minimum atomic E-state index is -3.73. The lowest BCUT2D eigenvalue weighted by molar-refractivity contribution is 0.0172. The molecule has 0 spiro atoms. The van der Waals surface area contributed by atoms with Crippen molar-refractivity contribution in [3.8, 4) is 11.5 Å². The number of hydrogen-bond acceptors (Lipinski definition) is 6. The number of benzene rings is 2. The van der Waals surface area contributed by atoms with Gasteiger partial charge in [-0.25, -0.2) is 13.1 Å². The second-order valence-corrected chi connectivity index (χ2v) is 9.02. The first kappa shape index (κ1) is 20.4. The van der Waals surface area contributed by atoms with Crippen LogP contribution in [0.5, 0.6) is 11.5 Å². The molecule has 7 nitrogen and oxygen atoms in total. The van der Waals surface area contributed by atoms with Crippen LogP contribution in [0, 0.1) is 0 Å². The number of rotatable bonds is 6. The molecule has 2 aromatic rings. The molecule has 2 aliphatic heterocycles. The topological polar surface area (TPSA) is 77.1 Å². The van der Waals surface area contributed by atoms with E-state index >= 15 is 0 Å². The fourth-order valence-electron chi connectivity index (χ4n) is 3.53. The molecule has 0 aromatic heterocycles. The first-order chi connectivity index (χ1) is 14.0. The molecular weight excluding hydrogens is 416 g/mol. The summed E-state index contributed by atoms with van der Waals surface area (Å²) in [5.41, 5.74) is 0.890. The van der Waals surface area contributed by atoms with Crippen LogP contribution < -0.4 is 14.2 Å². The summed E-state index contributed by atoms with van der Waals surface area (Å²) in [5, 5.41) is 0.613. The third-order valence-electron chi connectivity index (χ3n) is 5.04. The highest BCUT2D eigenvalue weighted by molar-refractivity contribution is 7.89. The van der Waals surface area contributed by atoms with Crippen LogP contribution in [0.25, 0.3) is 0 Å². The summed E-state index contributed by atoms with van der Waals surface area (Å²) in [5.74, 6) is 0.993. The molecule has 1 fully saturated rings. The Morgan fingerprint density at radius 2 is 1.72 bits per heavy atom. The molecule has 2 aliphatic rings. The van der Waals surface area contributed by atoms with Gasteiger partial charge in [-0.05, 0) is 23.8 Å². The molecule has 1 N–H and O–H groups in total. The number of morpholine rings is 1. The van der Waals surface area contributed by atoms with Gasteiger partial charge in [0.25, 0.3) is 0 Å². The zero-order chi connectivity index (χ0) is 20.3. The summed E-state index contributed by atoms with van der Waals surface area (Å²) in [6, 6.07) is 12.0. The first-order valence-electron chi connectivity index (χ1n) is 9.50. The third-order valence-corrected chi connectivity index (χ3v) is 6.81. The van der Waals surface area contributed by atoms with E-state index in [9.17, 15) is 8.42 Å². The van der Waals surface area contributed by atoms with Gasteiger partial charge >= 0.3 is 0 Å². The predicted molar refractivity (Wildman–Crippen MR) is 109 cm³/mol. The van der Waals surface area contributed by atoms with Crippen molar-refractivity contribution in [1.82, 2.24) is 9.62 Å². The van der Waals surface area contributed by atoms with Gasteiger partial charge in [0.1, 0.15) is 13.2 Å². The van der Waals surface area contributed by atoms with Gasteiger partial charge in [0.05, 0.1) is 18.1 Å². The molecule has 1 unspecified atom stereocenters. The van der Waals surface area contributed by atoms with Gasteiger partial charge in [0, 0.05) is 36.8 Å². The van der Waals surface area contributed by atoms with Gasteiger partial charge in [0.15, 0.2) is 11.5 Å². The highest BCUT2D eigenvalue weighted by Crippen LogP contribution is 2.33. The molecule has 2 heterocycles. The summed E-state index contributed by atoms with van der Waals surface area (Å²) < 4.78 is 45.0. The fourth-order valence-corrected chi connectivity index (χ4v) is 4.85. The molecule has 0 aliphatic carbocycles. The van der Waals surface area contributed by atoms with E-state index < -0.39 is 10.0 Å². The average Bonchev–Trinajstić information content (AvgIpc) is 2.75. The Balaban J connectivity index is 1.55. The SMILES string of the molecule is O=S(=O)(NCC(c1ccccc1Cl)N1CCOCC1)c1ccc2c(c1)OCCO2. The van der Waals surface area contributed by atoms with Gasteiger partial charge in [-0.2, -0.15) is 0 Å². The van der Waals surface area contributed by atoms with E-state index in [-0.39, 0.29) is 17.5 Å². The smallest absolute Gasteiger partial charge is 0.240 e. The Bertz CT molecular complexity index is 963. The maximum Gasteiger partial charge on any atom is 0.240 e. The van der Waals surface area contributed by atoms with Crippen LogP contribution in [0.1, 0.15) is 11.6 Å². The minimum Gasteiger partial charge on any atom is -0.486 e. The van der Waals surface area contributed by atoms with Gasteiger partial charge in [0.2, 0.25) is 10.0 Å². The molecule has 0 radical (unpaired) electrons. The predicted octanol–water partition coefficient (Wildman–Crippen LogP) is 2.46. The van der Waals surface area contributed by atoms with Gasteiger partial charge in [-0.15, -0.1) is 0 Å². The second-order valence-electron chi connectivity index (χ2n) is 6.84. The zero-order valence-electron chi connectivity index (χ0n) is 15.8. The molecule has 156 valence electrons. The number of nitrogens with zero attached hydrogens (tertiary/aromatic N) is 1. The zero-order valence-corrected chi connectivity index (χ0v) is 17.4. The molecule has 9 heteroatoms. The van der Waals surface area contributed by atoms with Crippen LogP contribution >= 0.6 is 11.6 Å². The number of sulfonamides is 1. The Labute approximate surface area is 175 Å². The van der Waals surface area contributed by atoms with Crippen LogP contribution in [0.2, 0.25) is 5.02 Å². The highest BCUT2D eigenvalue weighted by atomic mass is 35.5. The molecule has 4 rings (SSSR count). The van der Waals surface area contributed by atoms with Crippen molar-refractivity contribution < 1.29 is 22.6 Å². The van der Waals surface area contributed by atoms with E-state index in [1.807, 2.05) is 24.3 Å². The number of ether oxygens (including phenoxy) is 3. The lowest BCUT2D eigenvalue weighted by atomic mass is 10.0. The number of halogens is 1. The van der Waals surface area contributed by atoms with Crippen molar-refractivity contribution in [3.63, 3.8) is 0 Å². The minimum absolute atomic E-state index is 0.140. The molecule has 1 atom stereocenters. The Kier molecular flexibility index (Phi) is 6.26. The van der Waals surface area contributed by atoms with Crippen molar-refractivity contribution in [2.45, 2.75) is 10.9 Å². The van der Waals surface area contributed by atoms with Crippen LogP contribution in [0.15, 0.2) is 47.4 Å². The Morgan fingerprint density at radius 3 is 2.48 bits per heavy atom. The second kappa shape index (κ2) is 8.89.